The van der Waals surface area contributed by atoms with Gasteiger partial charge in [-0.2, -0.15) is 0 Å². The average molecular weight is 334 g/mol. The zero-order valence-electron chi connectivity index (χ0n) is 12.9. The number of hydrogen-bond acceptors (Lipinski definition) is 3. The van der Waals surface area contributed by atoms with Gasteiger partial charge in [-0.15, -0.1) is 11.3 Å². The summed E-state index contributed by atoms with van der Waals surface area (Å²) >= 11 is 1.38. The second-order valence-electron chi connectivity index (χ2n) is 5.18. The van der Waals surface area contributed by atoms with Crippen LogP contribution in [0.4, 0.5) is 4.39 Å². The van der Waals surface area contributed by atoms with Gasteiger partial charge < -0.3 is 10.2 Å². The van der Waals surface area contributed by atoms with Gasteiger partial charge in [0.2, 0.25) is 5.91 Å². The second-order valence-corrected chi connectivity index (χ2v) is 6.13. The molecule has 4 nitrogen and oxygen atoms in total. The molecule has 0 unspecified atom stereocenters. The van der Waals surface area contributed by atoms with Crippen LogP contribution in [0.3, 0.4) is 0 Å². The van der Waals surface area contributed by atoms with Crippen molar-refractivity contribution in [2.45, 2.75) is 19.4 Å². The van der Waals surface area contributed by atoms with Crippen LogP contribution in [-0.4, -0.2) is 30.3 Å². The molecule has 0 aliphatic carbocycles. The van der Waals surface area contributed by atoms with Crippen LogP contribution in [0.1, 0.15) is 28.1 Å². The highest BCUT2D eigenvalue weighted by molar-refractivity contribution is 7.12. The van der Waals surface area contributed by atoms with Crippen LogP contribution in [0, 0.1) is 5.82 Å². The summed E-state index contributed by atoms with van der Waals surface area (Å²) in [5, 5.41) is 4.62. The maximum atomic E-state index is 13.6. The Morgan fingerprint density at radius 3 is 2.70 bits per heavy atom. The monoisotopic (exact) mass is 334 g/mol. The molecule has 1 heterocycles. The minimum atomic E-state index is -0.310. The summed E-state index contributed by atoms with van der Waals surface area (Å²) in [6, 6.07) is 10.00. The van der Waals surface area contributed by atoms with Crippen LogP contribution in [0.15, 0.2) is 41.8 Å². The molecule has 2 amide bonds. The van der Waals surface area contributed by atoms with Crippen molar-refractivity contribution in [1.29, 1.82) is 0 Å². The van der Waals surface area contributed by atoms with Crippen LogP contribution in [0.2, 0.25) is 0 Å². The van der Waals surface area contributed by atoms with Gasteiger partial charge in [0.1, 0.15) is 5.82 Å². The van der Waals surface area contributed by atoms with Crippen LogP contribution in [0.25, 0.3) is 0 Å². The zero-order valence-corrected chi connectivity index (χ0v) is 13.7. The average Bonchev–Trinajstić information content (AvgIpc) is 3.07. The highest BCUT2D eigenvalue weighted by Gasteiger charge is 2.12. The smallest absolute Gasteiger partial charge is 0.261 e. The topological polar surface area (TPSA) is 49.4 Å². The van der Waals surface area contributed by atoms with Crippen molar-refractivity contribution >= 4 is 23.2 Å². The lowest BCUT2D eigenvalue weighted by Gasteiger charge is -2.17. The number of carbonyl (C=O) groups excluding carboxylic acids is 2. The van der Waals surface area contributed by atoms with Crippen molar-refractivity contribution in [3.8, 4) is 0 Å². The Kier molecular flexibility index (Phi) is 6.29. The first kappa shape index (κ1) is 17.1. The molecule has 0 spiro atoms. The predicted molar refractivity (Wildman–Crippen MR) is 88.8 cm³/mol. The number of nitrogens with zero attached hydrogens (tertiary/aromatic N) is 1. The fourth-order valence-electron chi connectivity index (χ4n) is 2.10. The van der Waals surface area contributed by atoms with Gasteiger partial charge in [0.25, 0.3) is 5.91 Å². The van der Waals surface area contributed by atoms with E-state index in [1.807, 2.05) is 11.4 Å². The van der Waals surface area contributed by atoms with E-state index in [9.17, 15) is 14.0 Å². The third-order valence-corrected chi connectivity index (χ3v) is 4.26. The zero-order chi connectivity index (χ0) is 16.7. The van der Waals surface area contributed by atoms with E-state index in [2.05, 4.69) is 5.32 Å². The Morgan fingerprint density at radius 1 is 1.22 bits per heavy atom. The van der Waals surface area contributed by atoms with Gasteiger partial charge in [-0.1, -0.05) is 24.3 Å². The van der Waals surface area contributed by atoms with Crippen molar-refractivity contribution < 1.29 is 14.0 Å². The van der Waals surface area contributed by atoms with E-state index in [4.69, 9.17) is 0 Å². The molecule has 0 aliphatic rings. The summed E-state index contributed by atoms with van der Waals surface area (Å²) in [7, 11) is 1.65. The molecule has 0 aliphatic heterocycles. The number of benzene rings is 1. The summed E-state index contributed by atoms with van der Waals surface area (Å²) in [6.07, 6.45) is 0.868. The van der Waals surface area contributed by atoms with Crippen molar-refractivity contribution in [1.82, 2.24) is 10.2 Å². The van der Waals surface area contributed by atoms with Gasteiger partial charge in [0.05, 0.1) is 4.88 Å². The van der Waals surface area contributed by atoms with Gasteiger partial charge in [-0.05, 0) is 23.9 Å². The Labute approximate surface area is 138 Å². The van der Waals surface area contributed by atoms with Crippen LogP contribution in [0.5, 0.6) is 0 Å². The molecular weight excluding hydrogens is 315 g/mol. The summed E-state index contributed by atoms with van der Waals surface area (Å²) in [5.74, 6) is -0.499. The quantitative estimate of drug-likeness (QED) is 0.791. The van der Waals surface area contributed by atoms with E-state index in [-0.39, 0.29) is 24.2 Å². The highest BCUT2D eigenvalue weighted by atomic mass is 32.1. The molecule has 1 N–H and O–H groups in total. The minimum Gasteiger partial charge on any atom is -0.351 e. The van der Waals surface area contributed by atoms with E-state index >= 15 is 0 Å². The molecule has 0 bridgehead atoms. The largest absolute Gasteiger partial charge is 0.351 e. The van der Waals surface area contributed by atoms with Gasteiger partial charge in [0.15, 0.2) is 0 Å². The van der Waals surface area contributed by atoms with Crippen molar-refractivity contribution in [2.24, 2.45) is 0 Å². The van der Waals surface area contributed by atoms with Crippen molar-refractivity contribution in [3.63, 3.8) is 0 Å². The number of halogens is 1. The molecule has 0 radical (unpaired) electrons. The number of amides is 2. The van der Waals surface area contributed by atoms with Gasteiger partial charge in [0, 0.05) is 32.1 Å². The van der Waals surface area contributed by atoms with E-state index in [0.717, 1.165) is 0 Å². The van der Waals surface area contributed by atoms with Crippen molar-refractivity contribution in [3.05, 3.63) is 58.0 Å². The molecule has 2 rings (SSSR count). The Morgan fingerprint density at radius 2 is 2.00 bits per heavy atom. The lowest BCUT2D eigenvalue weighted by atomic mass is 10.2. The Bertz CT molecular complexity index is 658. The number of thiophene rings is 1. The van der Waals surface area contributed by atoms with Crippen LogP contribution < -0.4 is 5.32 Å². The van der Waals surface area contributed by atoms with Crippen LogP contribution in [-0.2, 0) is 11.3 Å². The molecule has 0 atom stereocenters. The lowest BCUT2D eigenvalue weighted by Crippen LogP contribution is -2.28. The molecule has 0 fully saturated rings. The van der Waals surface area contributed by atoms with Crippen molar-refractivity contribution in [2.75, 3.05) is 13.6 Å². The fourth-order valence-corrected chi connectivity index (χ4v) is 2.74. The lowest BCUT2D eigenvalue weighted by molar-refractivity contribution is -0.130. The summed E-state index contributed by atoms with van der Waals surface area (Å²) in [5.41, 5.74) is 0.495. The van der Waals surface area contributed by atoms with E-state index in [0.29, 0.717) is 29.8 Å². The maximum Gasteiger partial charge on any atom is 0.261 e. The number of rotatable bonds is 7. The SMILES string of the molecule is CN(Cc1ccccc1F)C(=O)CCCNC(=O)c1cccs1. The normalized spacial score (nSPS) is 10.3. The first-order valence-corrected chi connectivity index (χ1v) is 8.25. The van der Waals surface area contributed by atoms with E-state index in [1.165, 1.54) is 22.3 Å². The van der Waals surface area contributed by atoms with E-state index < -0.39 is 0 Å². The number of hydrogen-bond donors (Lipinski definition) is 1. The molecule has 122 valence electrons. The van der Waals surface area contributed by atoms with Crippen LogP contribution >= 0.6 is 11.3 Å². The minimum absolute atomic E-state index is 0.0707. The first-order valence-electron chi connectivity index (χ1n) is 7.37. The molecule has 1 aromatic carbocycles. The molecule has 0 saturated carbocycles. The predicted octanol–water partition coefficient (Wildman–Crippen LogP) is 3.06. The first-order chi connectivity index (χ1) is 11.1. The Hall–Kier alpha value is -2.21. The second kappa shape index (κ2) is 8.43. The summed E-state index contributed by atoms with van der Waals surface area (Å²) in [6.45, 7) is 0.684. The van der Waals surface area contributed by atoms with Gasteiger partial charge >= 0.3 is 0 Å². The third kappa shape index (κ3) is 5.17. The molecule has 2 aromatic rings. The molecule has 6 heteroatoms. The van der Waals surface area contributed by atoms with Gasteiger partial charge in [-0.25, -0.2) is 4.39 Å². The Balaban J connectivity index is 1.70. The van der Waals surface area contributed by atoms with Gasteiger partial charge in [-0.3, -0.25) is 9.59 Å². The third-order valence-electron chi connectivity index (χ3n) is 3.39. The standard InChI is InChI=1S/C17H19FN2O2S/c1-20(12-13-6-2-3-7-14(13)18)16(21)9-4-10-19-17(22)15-8-5-11-23-15/h2-3,5-8,11H,4,9-10,12H2,1H3,(H,19,22). The fraction of sp³-hybridized carbons (Fsp3) is 0.294. The van der Waals surface area contributed by atoms with E-state index in [1.54, 1.807) is 31.3 Å². The summed E-state index contributed by atoms with van der Waals surface area (Å²) < 4.78 is 13.6. The number of carbonyl (C=O) groups is 2. The molecule has 0 saturated heterocycles. The molecule has 23 heavy (non-hydrogen) atoms. The summed E-state index contributed by atoms with van der Waals surface area (Å²) in [4.78, 5) is 25.9. The molecular formula is C17H19FN2O2S. The number of nitrogens with one attached hydrogen (secondary N) is 1. The molecule has 1 aromatic heterocycles. The highest BCUT2D eigenvalue weighted by Crippen LogP contribution is 2.10. The maximum absolute atomic E-state index is 13.6.